The van der Waals surface area contributed by atoms with Crippen LogP contribution in [0.15, 0.2) is 0 Å². The van der Waals surface area contributed by atoms with Crippen LogP contribution in [0.5, 0.6) is 0 Å². The van der Waals surface area contributed by atoms with Crippen molar-refractivity contribution in [2.45, 2.75) is 39.5 Å². The van der Waals surface area contributed by atoms with Crippen LogP contribution >= 0.6 is 44.6 Å². The molecule has 7 heteroatoms. The first-order valence-electron chi connectivity index (χ1n) is 4.49. The molecule has 86 valence electrons. The zero-order valence-electron chi connectivity index (χ0n) is 8.46. The zero-order chi connectivity index (χ0) is 11.6. The summed E-state index contributed by atoms with van der Waals surface area (Å²) in [5.41, 5.74) is 0. The van der Waals surface area contributed by atoms with Gasteiger partial charge in [-0.1, -0.05) is 0 Å². The molecule has 2 unspecified atom stereocenters. The fraction of sp³-hybridized carbons (Fsp3) is 1.00. The third-order valence-electron chi connectivity index (χ3n) is 2.46. The molecule has 0 radical (unpaired) electrons. The molecule has 0 aliphatic rings. The van der Waals surface area contributed by atoms with Gasteiger partial charge < -0.3 is 0 Å². The number of hydrogen-bond acceptors (Lipinski definition) is 0. The van der Waals surface area contributed by atoms with Gasteiger partial charge in [0.25, 0.3) is 0 Å². The van der Waals surface area contributed by atoms with E-state index in [0.717, 1.165) is 12.8 Å². The van der Waals surface area contributed by atoms with Gasteiger partial charge in [-0.25, -0.2) is 0 Å². The Morgan fingerprint density at radius 1 is 0.857 bits per heavy atom. The SMILES string of the molecule is C[CH](CC[CH](C)[Sn]([Cl])([Cl])[Cl])[Sn]([CH3])([Cl])[Cl]. The molecule has 0 amide bonds. The summed E-state index contributed by atoms with van der Waals surface area (Å²) in [5, 5.41) is 0. The maximum atomic E-state index is 6.17. The Bertz CT molecular complexity index is 154. The maximum absolute atomic E-state index is 6.17. The second-order valence-corrected chi connectivity index (χ2v) is 45.8. The third kappa shape index (κ3) is 7.39. The fourth-order valence-corrected chi connectivity index (χ4v) is 7.91. The number of hydrogen-bond donors (Lipinski definition) is 0. The van der Waals surface area contributed by atoms with Gasteiger partial charge in [0.15, 0.2) is 0 Å². The van der Waals surface area contributed by atoms with Crippen LogP contribution in [0.2, 0.25) is 12.8 Å². The number of rotatable bonds is 5. The molecular weight excluding hydrogens is 499 g/mol. The van der Waals surface area contributed by atoms with Gasteiger partial charge in [-0.15, -0.1) is 0 Å². The van der Waals surface area contributed by atoms with Gasteiger partial charge in [-0.2, -0.15) is 0 Å². The van der Waals surface area contributed by atoms with Crippen LogP contribution in [-0.2, 0) is 0 Å². The molecule has 0 rings (SSSR count). The molecular formula is C7H15Cl5Sn2. The van der Waals surface area contributed by atoms with Gasteiger partial charge in [0.1, 0.15) is 0 Å². The molecule has 0 aliphatic heterocycles. The predicted molar refractivity (Wildman–Crippen MR) is 74.7 cm³/mol. The van der Waals surface area contributed by atoms with Crippen molar-refractivity contribution in [3.05, 3.63) is 0 Å². The van der Waals surface area contributed by atoms with Crippen LogP contribution < -0.4 is 0 Å². The Kier molecular flexibility index (Phi) is 8.33. The van der Waals surface area contributed by atoms with Gasteiger partial charge in [0.05, 0.1) is 0 Å². The van der Waals surface area contributed by atoms with E-state index in [2.05, 4.69) is 6.92 Å². The first-order chi connectivity index (χ1) is 6.05. The summed E-state index contributed by atoms with van der Waals surface area (Å²) >= 11 is -5.97. The summed E-state index contributed by atoms with van der Waals surface area (Å²) in [5.74, 6) is 0. The first kappa shape index (κ1) is 17.0. The van der Waals surface area contributed by atoms with Gasteiger partial charge in [0, 0.05) is 0 Å². The Balaban J connectivity index is 3.96. The van der Waals surface area contributed by atoms with Gasteiger partial charge in [-0.05, 0) is 0 Å². The van der Waals surface area contributed by atoms with Crippen LogP contribution in [0.3, 0.4) is 0 Å². The van der Waals surface area contributed by atoms with Crippen molar-refractivity contribution < 1.29 is 0 Å². The summed E-state index contributed by atoms with van der Waals surface area (Å²) in [6.45, 7) is 4.13. The molecule has 0 aliphatic carbocycles. The van der Waals surface area contributed by atoms with Gasteiger partial charge in [-0.3, -0.25) is 0 Å². The molecule has 0 aromatic heterocycles. The predicted octanol–water partition coefficient (Wildman–Crippen LogP) is 5.75. The van der Waals surface area contributed by atoms with Crippen LogP contribution in [-0.4, -0.2) is 31.1 Å². The quantitative estimate of drug-likeness (QED) is 0.411. The van der Waals surface area contributed by atoms with Crippen molar-refractivity contribution >= 4 is 75.7 Å². The van der Waals surface area contributed by atoms with E-state index in [1.807, 2.05) is 11.9 Å². The average Bonchev–Trinajstić information content (AvgIpc) is 1.95. The molecule has 0 spiro atoms. The van der Waals surface area contributed by atoms with Crippen molar-refractivity contribution in [2.24, 2.45) is 0 Å². The molecule has 0 heterocycles. The summed E-state index contributed by atoms with van der Waals surface area (Å²) in [6.07, 6.45) is 1.94. The zero-order valence-corrected chi connectivity index (χ0v) is 17.9. The van der Waals surface area contributed by atoms with E-state index < -0.39 is 31.1 Å². The molecule has 2 atom stereocenters. The van der Waals surface area contributed by atoms with Crippen molar-refractivity contribution in [3.63, 3.8) is 0 Å². The minimum atomic E-state index is -3.23. The molecule has 0 aromatic rings. The molecule has 0 N–H and O–H groups in total. The summed E-state index contributed by atoms with van der Waals surface area (Å²) in [7, 11) is 30.3. The summed E-state index contributed by atoms with van der Waals surface area (Å²) in [4.78, 5) is 2.01. The van der Waals surface area contributed by atoms with E-state index in [9.17, 15) is 0 Å². The summed E-state index contributed by atoms with van der Waals surface area (Å²) in [6, 6.07) is 0. The Labute approximate surface area is 113 Å². The van der Waals surface area contributed by atoms with Crippen molar-refractivity contribution in [2.75, 3.05) is 0 Å². The van der Waals surface area contributed by atoms with Crippen LogP contribution in [0, 0.1) is 0 Å². The van der Waals surface area contributed by atoms with E-state index in [1.54, 1.807) is 0 Å². The van der Waals surface area contributed by atoms with Crippen LogP contribution in [0.25, 0.3) is 0 Å². The molecule has 0 bridgehead atoms. The fourth-order valence-electron chi connectivity index (χ4n) is 0.917. The molecule has 0 saturated heterocycles. The van der Waals surface area contributed by atoms with Crippen molar-refractivity contribution in [1.29, 1.82) is 0 Å². The first-order valence-corrected chi connectivity index (χ1v) is 28.7. The molecule has 14 heavy (non-hydrogen) atoms. The average molecular weight is 514 g/mol. The molecule has 0 saturated carbocycles. The monoisotopic (exact) mass is 514 g/mol. The Hall–Kier alpha value is 3.05. The minimum absolute atomic E-state index is 0.249. The van der Waals surface area contributed by atoms with Crippen molar-refractivity contribution in [3.8, 4) is 0 Å². The second-order valence-electron chi connectivity index (χ2n) is 3.88. The van der Waals surface area contributed by atoms with Gasteiger partial charge in [0.2, 0.25) is 0 Å². The Morgan fingerprint density at radius 3 is 1.50 bits per heavy atom. The van der Waals surface area contributed by atoms with E-state index in [4.69, 9.17) is 44.6 Å². The third-order valence-corrected chi connectivity index (χ3v) is 24.7. The Morgan fingerprint density at radius 2 is 1.21 bits per heavy atom. The standard InChI is InChI=1S/C6H12.CH3.5ClH.2Sn/c1-3-5-6-4-2;;;;;;;;/h3-4H,5-6H2,1-2H3;1H3;5*1H;;/q;;;;;;;+2;+3/p-5. The normalized spacial score (nSPS) is 18.0. The van der Waals surface area contributed by atoms with E-state index in [0.29, 0.717) is 3.93 Å². The summed E-state index contributed by atoms with van der Waals surface area (Å²) < 4.78 is 0.674. The van der Waals surface area contributed by atoms with E-state index in [1.165, 1.54) is 0 Å². The molecule has 0 aromatic carbocycles. The number of halogens is 5. The van der Waals surface area contributed by atoms with Crippen LogP contribution in [0.1, 0.15) is 26.7 Å². The van der Waals surface area contributed by atoms with E-state index >= 15 is 0 Å². The van der Waals surface area contributed by atoms with Crippen molar-refractivity contribution in [1.82, 2.24) is 0 Å². The molecule has 0 nitrogen and oxygen atoms in total. The van der Waals surface area contributed by atoms with Crippen LogP contribution in [0.4, 0.5) is 0 Å². The molecule has 0 fully saturated rings. The van der Waals surface area contributed by atoms with E-state index in [-0.39, 0.29) is 3.93 Å². The van der Waals surface area contributed by atoms with Gasteiger partial charge >= 0.3 is 115 Å². The topological polar surface area (TPSA) is 0 Å². The second kappa shape index (κ2) is 6.84.